The Balaban J connectivity index is 1.52. The van der Waals surface area contributed by atoms with E-state index in [2.05, 4.69) is 18.4 Å². The summed E-state index contributed by atoms with van der Waals surface area (Å²) in [6.45, 7) is 12.3. The fraction of sp³-hybridized carbons (Fsp3) is 0.645. The molecule has 9 nitrogen and oxygen atoms in total. The highest BCUT2D eigenvalue weighted by Gasteiger charge is 2.77. The van der Waals surface area contributed by atoms with E-state index in [1.807, 2.05) is 30.3 Å². The lowest BCUT2D eigenvalue weighted by molar-refractivity contribution is -0.154. The molecule has 41 heavy (non-hydrogen) atoms. The Kier molecular flexibility index (Phi) is 9.43. The number of hydrogen-bond acceptors (Lipinski definition) is 8. The van der Waals surface area contributed by atoms with Crippen LogP contribution in [-0.2, 0) is 30.3 Å². The first-order valence-corrected chi connectivity index (χ1v) is 15.8. The summed E-state index contributed by atoms with van der Waals surface area (Å²) in [4.78, 5) is 48.3. The van der Waals surface area contributed by atoms with Crippen LogP contribution in [0.25, 0.3) is 0 Å². The molecule has 2 amide bonds. The predicted octanol–water partition coefficient (Wildman–Crippen LogP) is 1.84. The van der Waals surface area contributed by atoms with Crippen LogP contribution >= 0.6 is 11.8 Å². The number of nitrogens with zero attached hydrogens (tertiary/aromatic N) is 3. The summed E-state index contributed by atoms with van der Waals surface area (Å²) < 4.78 is 10.2. The number of benzene rings is 1. The maximum atomic E-state index is 14.7. The van der Waals surface area contributed by atoms with Crippen molar-refractivity contribution in [1.29, 1.82) is 0 Å². The quantitative estimate of drug-likeness (QED) is 0.293. The fourth-order valence-electron chi connectivity index (χ4n) is 7.48. The van der Waals surface area contributed by atoms with Gasteiger partial charge in [0.15, 0.2) is 0 Å². The molecule has 0 radical (unpaired) electrons. The second kappa shape index (κ2) is 12.9. The second-order valence-electron chi connectivity index (χ2n) is 11.6. The maximum Gasteiger partial charge on any atom is 0.310 e. The van der Waals surface area contributed by atoms with Crippen LogP contribution < -0.4 is 0 Å². The summed E-state index contributed by atoms with van der Waals surface area (Å²) in [5.74, 6) is -1.93. The third kappa shape index (κ3) is 5.44. The van der Waals surface area contributed by atoms with Gasteiger partial charge in [-0.2, -0.15) is 0 Å². The molecule has 1 N–H and O–H groups in total. The van der Waals surface area contributed by atoms with Gasteiger partial charge < -0.3 is 24.4 Å². The van der Waals surface area contributed by atoms with E-state index < -0.39 is 28.7 Å². The van der Waals surface area contributed by atoms with Crippen LogP contribution in [0.2, 0.25) is 0 Å². The number of ether oxygens (including phenoxy) is 2. The molecule has 10 heteroatoms. The van der Waals surface area contributed by atoms with Crippen molar-refractivity contribution >= 4 is 29.5 Å². The Morgan fingerprint density at radius 3 is 2.68 bits per heavy atom. The standard InChI is InChI=1S/C31H43N3O6S/c1-4-11-33(13-12-32-14-16-39-17-15-32)29(37)27-31-21(3)18-24(41-31)25(30(38)40-5-2)26(31)28(36)34(27)23(20-35)19-22-9-7-6-8-10-22/h4,6-10,21,23-27,35H,1,5,11-20H2,2-3H3/t21?,23-,24+,25-,26+,27?,31?/m1/s1. The largest absolute Gasteiger partial charge is 0.466 e. The molecule has 224 valence electrons. The number of carbonyl (C=O) groups excluding carboxylic acids is 3. The third-order valence-electron chi connectivity index (χ3n) is 9.35. The molecule has 3 unspecified atom stereocenters. The zero-order chi connectivity index (χ0) is 29.1. The maximum absolute atomic E-state index is 14.7. The third-order valence-corrected chi connectivity index (χ3v) is 11.4. The molecule has 4 heterocycles. The SMILES string of the molecule is C=CCN(CCN1CCOCC1)C(=O)C1N([C@@H](CO)Cc2ccccc2)C(=O)[C@@H]2[C@H](C(=O)OCC)[C@@H]3CC(C)C12S3. The van der Waals surface area contributed by atoms with Crippen molar-refractivity contribution in [3.63, 3.8) is 0 Å². The van der Waals surface area contributed by atoms with Gasteiger partial charge in [0.2, 0.25) is 11.8 Å². The average Bonchev–Trinajstić information content (AvgIpc) is 3.58. The van der Waals surface area contributed by atoms with Crippen molar-refractivity contribution in [1.82, 2.24) is 14.7 Å². The molecular formula is C31H43N3O6S. The zero-order valence-electron chi connectivity index (χ0n) is 24.2. The van der Waals surface area contributed by atoms with Crippen molar-refractivity contribution in [3.8, 4) is 0 Å². The van der Waals surface area contributed by atoms with Gasteiger partial charge in [-0.25, -0.2) is 0 Å². The molecule has 4 aliphatic heterocycles. The van der Waals surface area contributed by atoms with Gasteiger partial charge in [0.25, 0.3) is 0 Å². The molecule has 4 saturated heterocycles. The van der Waals surface area contributed by atoms with Crippen molar-refractivity contribution in [2.24, 2.45) is 17.8 Å². The highest BCUT2D eigenvalue weighted by molar-refractivity contribution is 8.02. The number of morpholine rings is 1. The Morgan fingerprint density at radius 1 is 1.29 bits per heavy atom. The van der Waals surface area contributed by atoms with Crippen LogP contribution in [0.4, 0.5) is 0 Å². The molecule has 0 aromatic heterocycles. The molecule has 1 aromatic carbocycles. The van der Waals surface area contributed by atoms with Gasteiger partial charge >= 0.3 is 5.97 Å². The van der Waals surface area contributed by atoms with Crippen molar-refractivity contribution in [3.05, 3.63) is 48.6 Å². The minimum Gasteiger partial charge on any atom is -0.466 e. The monoisotopic (exact) mass is 585 g/mol. The summed E-state index contributed by atoms with van der Waals surface area (Å²) in [7, 11) is 0. The molecule has 7 atom stereocenters. The van der Waals surface area contributed by atoms with Crippen LogP contribution in [0.1, 0.15) is 25.8 Å². The van der Waals surface area contributed by atoms with Crippen LogP contribution in [0.5, 0.6) is 0 Å². The van der Waals surface area contributed by atoms with Crippen molar-refractivity contribution in [2.75, 3.05) is 59.2 Å². The van der Waals surface area contributed by atoms with E-state index in [9.17, 15) is 19.5 Å². The first kappa shape index (κ1) is 30.1. The van der Waals surface area contributed by atoms with Crippen LogP contribution in [0, 0.1) is 17.8 Å². The number of rotatable bonds is 12. The van der Waals surface area contributed by atoms with Gasteiger partial charge in [-0.05, 0) is 31.2 Å². The van der Waals surface area contributed by atoms with Gasteiger partial charge in [-0.3, -0.25) is 19.3 Å². The van der Waals surface area contributed by atoms with Gasteiger partial charge in [0.1, 0.15) is 6.04 Å². The van der Waals surface area contributed by atoms with E-state index in [0.29, 0.717) is 39.3 Å². The lowest BCUT2D eigenvalue weighted by Gasteiger charge is -2.42. The minimum absolute atomic E-state index is 0.0389. The number of amides is 2. The van der Waals surface area contributed by atoms with E-state index >= 15 is 0 Å². The molecule has 1 spiro atoms. The van der Waals surface area contributed by atoms with Crippen LogP contribution in [-0.4, -0.2) is 119 Å². The molecule has 5 rings (SSSR count). The summed E-state index contributed by atoms with van der Waals surface area (Å²) in [5.41, 5.74) is 0.974. The van der Waals surface area contributed by atoms with Crippen LogP contribution in [0.15, 0.2) is 43.0 Å². The molecule has 0 aliphatic carbocycles. The first-order valence-electron chi connectivity index (χ1n) is 14.9. The molecule has 1 aromatic rings. The lowest BCUT2D eigenvalue weighted by atomic mass is 9.66. The van der Waals surface area contributed by atoms with Gasteiger partial charge in [-0.1, -0.05) is 43.3 Å². The Bertz CT molecular complexity index is 1110. The molecule has 4 aliphatic rings. The summed E-state index contributed by atoms with van der Waals surface area (Å²) in [6.07, 6.45) is 2.88. The smallest absolute Gasteiger partial charge is 0.310 e. The van der Waals surface area contributed by atoms with E-state index in [1.54, 1.807) is 34.6 Å². The first-order chi connectivity index (χ1) is 19.9. The number of aliphatic hydroxyl groups excluding tert-OH is 1. The summed E-state index contributed by atoms with van der Waals surface area (Å²) in [5, 5.41) is 10.6. The Hall–Kier alpha value is -2.40. The second-order valence-corrected chi connectivity index (χ2v) is 13.2. The average molecular weight is 586 g/mol. The van der Waals surface area contributed by atoms with Crippen LogP contribution in [0.3, 0.4) is 0 Å². The Morgan fingerprint density at radius 2 is 2.02 bits per heavy atom. The molecule has 4 fully saturated rings. The topological polar surface area (TPSA) is 99.6 Å². The fourth-order valence-corrected chi connectivity index (χ4v) is 9.87. The number of aliphatic hydroxyl groups is 1. The summed E-state index contributed by atoms with van der Waals surface area (Å²) in [6, 6.07) is 8.33. The number of likely N-dealkylation sites (tertiary alicyclic amines) is 1. The minimum atomic E-state index is -0.796. The van der Waals surface area contributed by atoms with Gasteiger partial charge in [0.05, 0.1) is 49.1 Å². The van der Waals surface area contributed by atoms with Crippen molar-refractivity contribution < 1.29 is 29.0 Å². The molecule has 2 bridgehead atoms. The van der Waals surface area contributed by atoms with E-state index in [-0.39, 0.29) is 42.2 Å². The van der Waals surface area contributed by atoms with E-state index in [0.717, 1.165) is 25.1 Å². The number of carbonyl (C=O) groups is 3. The highest BCUT2D eigenvalue weighted by atomic mass is 32.2. The number of thioether (sulfide) groups is 1. The Labute approximate surface area is 247 Å². The van der Waals surface area contributed by atoms with Gasteiger partial charge in [-0.15, -0.1) is 18.3 Å². The van der Waals surface area contributed by atoms with E-state index in [4.69, 9.17) is 9.47 Å². The van der Waals surface area contributed by atoms with E-state index in [1.165, 1.54) is 0 Å². The normalized spacial score (nSPS) is 31.6. The molecule has 0 saturated carbocycles. The van der Waals surface area contributed by atoms with Crippen molar-refractivity contribution in [2.45, 2.75) is 48.8 Å². The predicted molar refractivity (Wildman–Crippen MR) is 157 cm³/mol. The highest BCUT2D eigenvalue weighted by Crippen LogP contribution is 2.69. The zero-order valence-corrected chi connectivity index (χ0v) is 25.0. The lowest BCUT2D eigenvalue weighted by Crippen LogP contribution is -2.60. The number of fused-ring (bicyclic) bond motifs is 1. The number of esters is 1. The molecular weight excluding hydrogens is 542 g/mol. The summed E-state index contributed by atoms with van der Waals surface area (Å²) >= 11 is 1.63. The van der Waals surface area contributed by atoms with Gasteiger partial charge in [0, 0.05) is 38.0 Å². The number of hydrogen-bond donors (Lipinski definition) is 1.